The second-order valence-corrected chi connectivity index (χ2v) is 5.40. The van der Waals surface area contributed by atoms with E-state index in [0.717, 1.165) is 24.5 Å². The number of nitrogens with one attached hydrogen (secondary N) is 1. The summed E-state index contributed by atoms with van der Waals surface area (Å²) in [6, 6.07) is 9.61. The molecule has 3 nitrogen and oxygen atoms in total. The zero-order valence-corrected chi connectivity index (χ0v) is 12.2. The number of ether oxygens (including phenoxy) is 1. The van der Waals surface area contributed by atoms with Gasteiger partial charge in [-0.25, -0.2) is 0 Å². The van der Waals surface area contributed by atoms with Crippen LogP contribution in [0.2, 0.25) is 0 Å². The van der Waals surface area contributed by atoms with E-state index in [0.29, 0.717) is 0 Å². The van der Waals surface area contributed by atoms with Gasteiger partial charge in [0.25, 0.3) is 5.91 Å². The first-order valence-electron chi connectivity index (χ1n) is 7.05. The highest BCUT2D eigenvalue weighted by Gasteiger charge is 2.08. The summed E-state index contributed by atoms with van der Waals surface area (Å²) in [6.07, 6.45) is 3.38. The highest BCUT2D eigenvalue weighted by atomic mass is 16.5. The van der Waals surface area contributed by atoms with E-state index in [2.05, 4.69) is 19.2 Å². The smallest absolute Gasteiger partial charge is 0.258 e. The maximum absolute atomic E-state index is 11.7. The maximum Gasteiger partial charge on any atom is 0.258 e. The van der Waals surface area contributed by atoms with Crippen LogP contribution in [0.3, 0.4) is 0 Å². The predicted molar refractivity (Wildman–Crippen MR) is 78.2 cm³/mol. The molecule has 1 aromatic carbocycles. The third kappa shape index (κ3) is 7.50. The minimum atomic E-state index is -0.0547. The normalized spacial score (nSPS) is 12.2. The Labute approximate surface area is 116 Å². The van der Waals surface area contributed by atoms with E-state index in [1.54, 1.807) is 0 Å². The minimum Gasteiger partial charge on any atom is -0.484 e. The van der Waals surface area contributed by atoms with Crippen molar-refractivity contribution in [3.63, 3.8) is 0 Å². The monoisotopic (exact) mass is 263 g/mol. The molecule has 1 amide bonds. The molecule has 106 valence electrons. The summed E-state index contributed by atoms with van der Waals surface area (Å²) in [6.45, 7) is 6.56. The second kappa shape index (κ2) is 8.57. The molecule has 1 atom stereocenters. The Hall–Kier alpha value is -1.51. The third-order valence-corrected chi connectivity index (χ3v) is 2.94. The lowest BCUT2D eigenvalue weighted by Gasteiger charge is -2.14. The molecule has 1 unspecified atom stereocenters. The second-order valence-electron chi connectivity index (χ2n) is 5.40. The molecular weight excluding hydrogens is 238 g/mol. The Kier molecular flexibility index (Phi) is 7.01. The molecule has 0 spiro atoms. The van der Waals surface area contributed by atoms with Crippen molar-refractivity contribution >= 4 is 5.91 Å². The quantitative estimate of drug-likeness (QED) is 0.780. The minimum absolute atomic E-state index is 0.0547. The predicted octanol–water partition coefficient (Wildman–Crippen LogP) is 3.40. The van der Waals surface area contributed by atoms with Gasteiger partial charge in [0.15, 0.2) is 6.61 Å². The van der Waals surface area contributed by atoms with E-state index in [4.69, 9.17) is 4.74 Å². The van der Waals surface area contributed by atoms with Crippen molar-refractivity contribution in [2.45, 2.75) is 46.1 Å². The molecule has 0 aromatic heterocycles. The number of para-hydroxylation sites is 1. The Morgan fingerprint density at radius 1 is 1.16 bits per heavy atom. The number of carbonyl (C=O) groups excluding carboxylic acids is 1. The third-order valence-electron chi connectivity index (χ3n) is 2.94. The van der Waals surface area contributed by atoms with E-state index in [1.807, 2.05) is 37.3 Å². The summed E-state index contributed by atoms with van der Waals surface area (Å²) in [5, 5.41) is 2.96. The van der Waals surface area contributed by atoms with Crippen molar-refractivity contribution in [3.8, 4) is 5.75 Å². The molecule has 0 aliphatic heterocycles. The maximum atomic E-state index is 11.7. The Morgan fingerprint density at radius 3 is 2.47 bits per heavy atom. The van der Waals surface area contributed by atoms with Gasteiger partial charge in [-0.2, -0.15) is 0 Å². The van der Waals surface area contributed by atoms with Crippen LogP contribution in [-0.4, -0.2) is 18.6 Å². The number of carbonyl (C=O) groups is 1. The summed E-state index contributed by atoms with van der Waals surface area (Å²) < 4.78 is 5.40. The molecule has 0 bridgehead atoms. The average molecular weight is 263 g/mol. The molecule has 0 saturated carbocycles. The van der Waals surface area contributed by atoms with Crippen molar-refractivity contribution < 1.29 is 9.53 Å². The van der Waals surface area contributed by atoms with Gasteiger partial charge < -0.3 is 10.1 Å². The van der Waals surface area contributed by atoms with Crippen LogP contribution in [0.15, 0.2) is 30.3 Å². The van der Waals surface area contributed by atoms with Gasteiger partial charge in [0.1, 0.15) is 5.75 Å². The van der Waals surface area contributed by atoms with Crippen LogP contribution >= 0.6 is 0 Å². The first kappa shape index (κ1) is 15.5. The number of rotatable bonds is 8. The van der Waals surface area contributed by atoms with E-state index in [-0.39, 0.29) is 18.6 Å². The molecule has 1 rings (SSSR count). The molecule has 0 radical (unpaired) electrons. The first-order valence-corrected chi connectivity index (χ1v) is 7.05. The summed E-state index contributed by atoms with van der Waals surface area (Å²) in [5.41, 5.74) is 0. The molecule has 1 aromatic rings. The zero-order chi connectivity index (χ0) is 14.1. The van der Waals surface area contributed by atoms with E-state index >= 15 is 0 Å². The van der Waals surface area contributed by atoms with Crippen LogP contribution in [0.1, 0.15) is 40.0 Å². The lowest BCUT2D eigenvalue weighted by Crippen LogP contribution is -2.36. The Bertz CT molecular complexity index is 362. The van der Waals surface area contributed by atoms with Crippen LogP contribution in [0.4, 0.5) is 0 Å². The van der Waals surface area contributed by atoms with Crippen molar-refractivity contribution in [2.75, 3.05) is 6.61 Å². The van der Waals surface area contributed by atoms with E-state index in [1.165, 1.54) is 6.42 Å². The molecule has 0 heterocycles. The van der Waals surface area contributed by atoms with Gasteiger partial charge in [0, 0.05) is 6.04 Å². The highest BCUT2D eigenvalue weighted by Crippen LogP contribution is 2.09. The summed E-state index contributed by atoms with van der Waals surface area (Å²) >= 11 is 0. The molecule has 0 aliphatic rings. The summed E-state index contributed by atoms with van der Waals surface area (Å²) in [4.78, 5) is 11.7. The van der Waals surface area contributed by atoms with Crippen LogP contribution in [0.25, 0.3) is 0 Å². The lowest BCUT2D eigenvalue weighted by molar-refractivity contribution is -0.123. The SMILES string of the molecule is CC(C)CCCC(C)NC(=O)COc1ccccc1. The average Bonchev–Trinajstić information content (AvgIpc) is 2.37. The molecule has 0 aliphatic carbocycles. The Morgan fingerprint density at radius 2 is 1.84 bits per heavy atom. The van der Waals surface area contributed by atoms with Gasteiger partial charge in [-0.15, -0.1) is 0 Å². The van der Waals surface area contributed by atoms with Gasteiger partial charge in [-0.05, 0) is 31.4 Å². The number of amides is 1. The van der Waals surface area contributed by atoms with Gasteiger partial charge in [0.05, 0.1) is 0 Å². The van der Waals surface area contributed by atoms with Gasteiger partial charge in [-0.1, -0.05) is 44.9 Å². The van der Waals surface area contributed by atoms with Crippen LogP contribution in [0.5, 0.6) is 5.75 Å². The van der Waals surface area contributed by atoms with Crippen LogP contribution < -0.4 is 10.1 Å². The van der Waals surface area contributed by atoms with Crippen molar-refractivity contribution in [1.82, 2.24) is 5.32 Å². The number of benzene rings is 1. The summed E-state index contributed by atoms with van der Waals surface area (Å²) in [5.74, 6) is 1.40. The van der Waals surface area contributed by atoms with Crippen molar-refractivity contribution in [3.05, 3.63) is 30.3 Å². The van der Waals surface area contributed by atoms with Gasteiger partial charge in [0.2, 0.25) is 0 Å². The lowest BCUT2D eigenvalue weighted by atomic mass is 10.0. The number of hydrogen-bond acceptors (Lipinski definition) is 2. The standard InChI is InChI=1S/C16H25NO2/c1-13(2)8-7-9-14(3)17-16(18)12-19-15-10-5-4-6-11-15/h4-6,10-11,13-14H,7-9,12H2,1-3H3,(H,17,18). The summed E-state index contributed by atoms with van der Waals surface area (Å²) in [7, 11) is 0. The molecule has 1 N–H and O–H groups in total. The molecule has 0 saturated heterocycles. The van der Waals surface area contributed by atoms with Crippen molar-refractivity contribution in [1.29, 1.82) is 0 Å². The fourth-order valence-corrected chi connectivity index (χ4v) is 1.89. The van der Waals surface area contributed by atoms with E-state index < -0.39 is 0 Å². The van der Waals surface area contributed by atoms with Gasteiger partial charge in [-0.3, -0.25) is 4.79 Å². The van der Waals surface area contributed by atoms with Gasteiger partial charge >= 0.3 is 0 Å². The Balaban J connectivity index is 2.16. The fourth-order valence-electron chi connectivity index (χ4n) is 1.89. The first-order chi connectivity index (χ1) is 9.08. The van der Waals surface area contributed by atoms with Crippen LogP contribution in [0, 0.1) is 5.92 Å². The molecule has 3 heteroatoms. The van der Waals surface area contributed by atoms with E-state index in [9.17, 15) is 4.79 Å². The molecular formula is C16H25NO2. The highest BCUT2D eigenvalue weighted by molar-refractivity contribution is 5.77. The van der Waals surface area contributed by atoms with Crippen molar-refractivity contribution in [2.24, 2.45) is 5.92 Å². The van der Waals surface area contributed by atoms with Crippen LogP contribution in [-0.2, 0) is 4.79 Å². The topological polar surface area (TPSA) is 38.3 Å². The largest absolute Gasteiger partial charge is 0.484 e. The fraction of sp³-hybridized carbons (Fsp3) is 0.562. The molecule has 19 heavy (non-hydrogen) atoms. The zero-order valence-electron chi connectivity index (χ0n) is 12.2. The number of hydrogen-bond donors (Lipinski definition) is 1. The molecule has 0 fully saturated rings.